The Morgan fingerprint density at radius 1 is 1.11 bits per heavy atom. The van der Waals surface area contributed by atoms with Gasteiger partial charge in [-0.25, -0.2) is 0 Å². The highest BCUT2D eigenvalue weighted by atomic mass is 14.9. The van der Waals surface area contributed by atoms with Gasteiger partial charge in [-0.3, -0.25) is 0 Å². The summed E-state index contributed by atoms with van der Waals surface area (Å²) in [6.45, 7) is 15.1. The van der Waals surface area contributed by atoms with Crippen LogP contribution in [0, 0.1) is 5.92 Å². The maximum atomic E-state index is 4.00. The van der Waals surface area contributed by atoms with Crippen LogP contribution >= 0.6 is 0 Å². The molecule has 0 amide bonds. The fourth-order valence-corrected chi connectivity index (χ4v) is 2.45. The molecule has 1 rings (SSSR count). The van der Waals surface area contributed by atoms with Crippen molar-refractivity contribution in [1.29, 1.82) is 0 Å². The molecule has 1 fully saturated rings. The summed E-state index contributed by atoms with van der Waals surface area (Å²) >= 11 is 0. The molecule has 0 aromatic carbocycles. The molecule has 1 N–H and O–H groups in total. The summed E-state index contributed by atoms with van der Waals surface area (Å²) in [4.78, 5) is 0. The van der Waals surface area contributed by atoms with E-state index in [1.54, 1.807) is 0 Å². The molecular formula is C18H29N. The molecule has 0 radical (unpaired) electrons. The third-order valence-electron chi connectivity index (χ3n) is 4.07. The Morgan fingerprint density at radius 2 is 1.68 bits per heavy atom. The Labute approximate surface area is 119 Å². The van der Waals surface area contributed by atoms with Crippen molar-refractivity contribution in [2.45, 2.75) is 47.0 Å². The number of piperidine rings is 1. The van der Waals surface area contributed by atoms with Crippen LogP contribution in [0.1, 0.15) is 47.0 Å². The molecule has 1 aliphatic heterocycles. The average molecular weight is 259 g/mol. The van der Waals surface area contributed by atoms with Crippen molar-refractivity contribution in [3.05, 3.63) is 47.1 Å². The van der Waals surface area contributed by atoms with Crippen molar-refractivity contribution < 1.29 is 0 Å². The van der Waals surface area contributed by atoms with Gasteiger partial charge in [0.2, 0.25) is 0 Å². The third kappa shape index (κ3) is 5.20. The standard InChI is InChI=1S/C18H29N/c1-6-14(3)12-15(4)16(5)13-17(7-2)18-8-10-19-11-9-18/h7,12-13,18-19H,2,6,8-11H2,1,3-5H3/b14-12+,16-15+,17-13+. The molecule has 1 heteroatoms. The van der Waals surface area contributed by atoms with Crippen LogP contribution < -0.4 is 5.32 Å². The Morgan fingerprint density at radius 3 is 2.21 bits per heavy atom. The lowest BCUT2D eigenvalue weighted by molar-refractivity contribution is 0.425. The van der Waals surface area contributed by atoms with Crippen molar-refractivity contribution in [2.24, 2.45) is 5.92 Å². The molecular weight excluding hydrogens is 230 g/mol. The zero-order chi connectivity index (χ0) is 14.3. The molecule has 0 aromatic rings. The fourth-order valence-electron chi connectivity index (χ4n) is 2.45. The van der Waals surface area contributed by atoms with E-state index < -0.39 is 0 Å². The second-order valence-electron chi connectivity index (χ2n) is 5.58. The van der Waals surface area contributed by atoms with E-state index in [0.29, 0.717) is 5.92 Å². The Kier molecular flexibility index (Phi) is 6.86. The van der Waals surface area contributed by atoms with Gasteiger partial charge < -0.3 is 5.32 Å². The van der Waals surface area contributed by atoms with Crippen molar-refractivity contribution in [1.82, 2.24) is 5.32 Å². The minimum atomic E-state index is 0.678. The molecule has 1 saturated heterocycles. The molecule has 1 heterocycles. The third-order valence-corrected chi connectivity index (χ3v) is 4.07. The maximum Gasteiger partial charge on any atom is -0.00431 e. The average Bonchev–Trinajstić information content (AvgIpc) is 2.45. The number of hydrogen-bond acceptors (Lipinski definition) is 1. The number of nitrogens with one attached hydrogen (secondary N) is 1. The van der Waals surface area contributed by atoms with E-state index in [1.807, 2.05) is 6.08 Å². The van der Waals surface area contributed by atoms with Gasteiger partial charge in [0, 0.05) is 0 Å². The first kappa shape index (κ1) is 16.0. The van der Waals surface area contributed by atoms with Crippen molar-refractivity contribution in [3.63, 3.8) is 0 Å². The molecule has 106 valence electrons. The van der Waals surface area contributed by atoms with Crippen molar-refractivity contribution in [2.75, 3.05) is 13.1 Å². The van der Waals surface area contributed by atoms with E-state index in [9.17, 15) is 0 Å². The van der Waals surface area contributed by atoms with E-state index in [0.717, 1.165) is 19.5 Å². The van der Waals surface area contributed by atoms with Crippen molar-refractivity contribution >= 4 is 0 Å². The Balaban J connectivity index is 2.89. The second kappa shape index (κ2) is 8.16. The molecule has 0 aromatic heterocycles. The summed E-state index contributed by atoms with van der Waals surface area (Å²) in [5.74, 6) is 0.678. The van der Waals surface area contributed by atoms with Gasteiger partial charge in [-0.15, -0.1) is 0 Å². The zero-order valence-electron chi connectivity index (χ0n) is 13.1. The zero-order valence-corrected chi connectivity index (χ0v) is 13.1. The number of hydrogen-bond donors (Lipinski definition) is 1. The van der Waals surface area contributed by atoms with E-state index in [4.69, 9.17) is 0 Å². The highest BCUT2D eigenvalue weighted by Crippen LogP contribution is 2.24. The lowest BCUT2D eigenvalue weighted by atomic mass is 9.88. The first-order chi connectivity index (χ1) is 9.08. The van der Waals surface area contributed by atoms with Gasteiger partial charge in [0.25, 0.3) is 0 Å². The molecule has 0 atom stereocenters. The van der Waals surface area contributed by atoms with Crippen LogP contribution in [0.2, 0.25) is 0 Å². The molecule has 19 heavy (non-hydrogen) atoms. The van der Waals surface area contributed by atoms with E-state index in [1.165, 1.54) is 35.1 Å². The quantitative estimate of drug-likeness (QED) is 0.700. The van der Waals surface area contributed by atoms with E-state index >= 15 is 0 Å². The normalized spacial score (nSPS) is 20.2. The summed E-state index contributed by atoms with van der Waals surface area (Å²) in [6.07, 6.45) is 10.3. The van der Waals surface area contributed by atoms with Gasteiger partial charge in [-0.2, -0.15) is 0 Å². The molecule has 1 nitrogen and oxygen atoms in total. The van der Waals surface area contributed by atoms with Crippen LogP contribution in [-0.2, 0) is 0 Å². The maximum absolute atomic E-state index is 4.00. The van der Waals surface area contributed by atoms with Crippen LogP contribution in [-0.4, -0.2) is 13.1 Å². The predicted octanol–water partition coefficient (Wildman–Crippen LogP) is 4.79. The van der Waals surface area contributed by atoms with Crippen LogP contribution in [0.15, 0.2) is 47.1 Å². The number of allylic oxidation sites excluding steroid dienone is 7. The minimum Gasteiger partial charge on any atom is -0.317 e. The largest absolute Gasteiger partial charge is 0.317 e. The number of rotatable bonds is 5. The predicted molar refractivity (Wildman–Crippen MR) is 86.3 cm³/mol. The minimum absolute atomic E-state index is 0.678. The Bertz CT molecular complexity index is 390. The van der Waals surface area contributed by atoms with Crippen LogP contribution in [0.4, 0.5) is 0 Å². The van der Waals surface area contributed by atoms with E-state index in [-0.39, 0.29) is 0 Å². The summed E-state index contributed by atoms with van der Waals surface area (Å²) in [5, 5.41) is 3.42. The van der Waals surface area contributed by atoms with E-state index in [2.05, 4.69) is 51.7 Å². The monoisotopic (exact) mass is 259 g/mol. The lowest BCUT2D eigenvalue weighted by Crippen LogP contribution is -2.28. The first-order valence-electron chi connectivity index (χ1n) is 7.47. The SMILES string of the molecule is C=C\C(=C/C(C)=C(C)/C=C(\C)CC)C1CCNCC1. The molecule has 0 bridgehead atoms. The molecule has 0 saturated carbocycles. The van der Waals surface area contributed by atoms with Crippen LogP contribution in [0.3, 0.4) is 0 Å². The smallest absolute Gasteiger partial charge is 0.00431 e. The first-order valence-corrected chi connectivity index (χ1v) is 7.47. The topological polar surface area (TPSA) is 12.0 Å². The Hall–Kier alpha value is -1.08. The second-order valence-corrected chi connectivity index (χ2v) is 5.58. The van der Waals surface area contributed by atoms with Gasteiger partial charge in [-0.05, 0) is 75.8 Å². The van der Waals surface area contributed by atoms with Gasteiger partial charge >= 0.3 is 0 Å². The van der Waals surface area contributed by atoms with Gasteiger partial charge in [0.1, 0.15) is 0 Å². The lowest BCUT2D eigenvalue weighted by Gasteiger charge is -2.24. The highest BCUT2D eigenvalue weighted by molar-refractivity contribution is 5.37. The van der Waals surface area contributed by atoms with Gasteiger partial charge in [-0.1, -0.05) is 37.3 Å². The van der Waals surface area contributed by atoms with Crippen LogP contribution in [0.5, 0.6) is 0 Å². The summed E-state index contributed by atoms with van der Waals surface area (Å²) in [7, 11) is 0. The van der Waals surface area contributed by atoms with Gasteiger partial charge in [0.05, 0.1) is 0 Å². The highest BCUT2D eigenvalue weighted by Gasteiger charge is 2.15. The molecule has 0 aliphatic carbocycles. The van der Waals surface area contributed by atoms with Gasteiger partial charge in [0.15, 0.2) is 0 Å². The molecule has 0 unspecified atom stereocenters. The summed E-state index contributed by atoms with van der Waals surface area (Å²) in [6, 6.07) is 0. The summed E-state index contributed by atoms with van der Waals surface area (Å²) in [5.41, 5.74) is 5.57. The fraction of sp³-hybridized carbons (Fsp3) is 0.556. The van der Waals surface area contributed by atoms with Crippen molar-refractivity contribution in [3.8, 4) is 0 Å². The molecule has 1 aliphatic rings. The molecule has 0 spiro atoms. The summed E-state index contributed by atoms with van der Waals surface area (Å²) < 4.78 is 0. The van der Waals surface area contributed by atoms with Crippen LogP contribution in [0.25, 0.3) is 0 Å².